The van der Waals surface area contributed by atoms with E-state index in [4.69, 9.17) is 0 Å². The summed E-state index contributed by atoms with van der Waals surface area (Å²) in [6.45, 7) is 6.24. The average molecular weight is 319 g/mol. The van der Waals surface area contributed by atoms with Crippen molar-refractivity contribution in [3.05, 3.63) is 33.9 Å². The van der Waals surface area contributed by atoms with Gasteiger partial charge in [-0.3, -0.25) is 19.7 Å². The summed E-state index contributed by atoms with van der Waals surface area (Å²) < 4.78 is 0. The van der Waals surface area contributed by atoms with Crippen LogP contribution in [-0.2, 0) is 15.0 Å². The molecule has 0 aliphatic carbocycles. The number of rotatable bonds is 4. The maximum atomic E-state index is 12.0. The first kappa shape index (κ1) is 16.9. The van der Waals surface area contributed by atoms with Crippen LogP contribution in [0.15, 0.2) is 18.2 Å². The normalized spacial score (nSPS) is 14.9. The zero-order valence-electron chi connectivity index (χ0n) is 13.6. The van der Waals surface area contributed by atoms with E-state index in [1.807, 2.05) is 20.8 Å². The van der Waals surface area contributed by atoms with Gasteiger partial charge in [0.1, 0.15) is 0 Å². The van der Waals surface area contributed by atoms with Crippen molar-refractivity contribution in [1.29, 1.82) is 0 Å². The van der Waals surface area contributed by atoms with Gasteiger partial charge in [0, 0.05) is 30.3 Å². The van der Waals surface area contributed by atoms with Crippen molar-refractivity contribution in [3.8, 4) is 0 Å². The summed E-state index contributed by atoms with van der Waals surface area (Å²) in [5.74, 6) is -0.382. The molecule has 1 saturated heterocycles. The SMILES string of the molecule is CC(C)(C)c1ccc(NC(=O)CN2CCCC2=O)cc1[N+](=O)[O-]. The first-order valence-electron chi connectivity index (χ1n) is 7.55. The molecule has 124 valence electrons. The molecular weight excluding hydrogens is 298 g/mol. The predicted molar refractivity (Wildman–Crippen MR) is 86.2 cm³/mol. The third kappa shape index (κ3) is 4.06. The van der Waals surface area contributed by atoms with Crippen molar-refractivity contribution in [1.82, 2.24) is 4.90 Å². The van der Waals surface area contributed by atoms with E-state index in [0.29, 0.717) is 24.2 Å². The molecule has 1 aliphatic heterocycles. The average Bonchev–Trinajstić information content (AvgIpc) is 2.82. The Bertz CT molecular complexity index is 649. The first-order valence-corrected chi connectivity index (χ1v) is 7.55. The summed E-state index contributed by atoms with van der Waals surface area (Å²) in [6, 6.07) is 4.68. The monoisotopic (exact) mass is 319 g/mol. The number of carbonyl (C=O) groups excluding carboxylic acids is 2. The third-order valence-electron chi connectivity index (χ3n) is 3.79. The van der Waals surface area contributed by atoms with Crippen molar-refractivity contribution in [2.45, 2.75) is 39.0 Å². The fraction of sp³-hybridized carbons (Fsp3) is 0.500. The van der Waals surface area contributed by atoms with Crippen LogP contribution in [0.1, 0.15) is 39.2 Å². The number of hydrogen-bond donors (Lipinski definition) is 1. The van der Waals surface area contributed by atoms with Crippen LogP contribution in [0.25, 0.3) is 0 Å². The molecule has 0 unspecified atom stereocenters. The van der Waals surface area contributed by atoms with Crippen LogP contribution in [-0.4, -0.2) is 34.7 Å². The lowest BCUT2D eigenvalue weighted by Crippen LogP contribution is -2.34. The molecule has 7 nitrogen and oxygen atoms in total. The number of nitro groups is 1. The van der Waals surface area contributed by atoms with Crippen LogP contribution in [0, 0.1) is 10.1 Å². The number of nitrogens with one attached hydrogen (secondary N) is 1. The molecule has 0 spiro atoms. The highest BCUT2D eigenvalue weighted by molar-refractivity contribution is 5.95. The quantitative estimate of drug-likeness (QED) is 0.681. The third-order valence-corrected chi connectivity index (χ3v) is 3.79. The van der Waals surface area contributed by atoms with Gasteiger partial charge in [0.15, 0.2) is 0 Å². The number of hydrogen-bond acceptors (Lipinski definition) is 4. The van der Waals surface area contributed by atoms with E-state index >= 15 is 0 Å². The summed E-state index contributed by atoms with van der Waals surface area (Å²) in [5, 5.41) is 13.9. The number of amides is 2. The Morgan fingerprint density at radius 1 is 1.39 bits per heavy atom. The van der Waals surface area contributed by atoms with Gasteiger partial charge in [0.2, 0.25) is 11.8 Å². The Hall–Kier alpha value is -2.44. The lowest BCUT2D eigenvalue weighted by atomic mass is 9.85. The highest BCUT2D eigenvalue weighted by Gasteiger charge is 2.26. The molecule has 0 bridgehead atoms. The van der Waals surface area contributed by atoms with Crippen molar-refractivity contribution < 1.29 is 14.5 Å². The van der Waals surface area contributed by atoms with Crippen LogP contribution in [0.5, 0.6) is 0 Å². The lowest BCUT2D eigenvalue weighted by molar-refractivity contribution is -0.385. The van der Waals surface area contributed by atoms with E-state index in [9.17, 15) is 19.7 Å². The minimum Gasteiger partial charge on any atom is -0.333 e. The maximum absolute atomic E-state index is 12.0. The topological polar surface area (TPSA) is 92.6 Å². The van der Waals surface area contributed by atoms with E-state index in [0.717, 1.165) is 6.42 Å². The van der Waals surface area contributed by atoms with Gasteiger partial charge >= 0.3 is 0 Å². The van der Waals surface area contributed by atoms with E-state index in [1.165, 1.54) is 11.0 Å². The molecule has 0 atom stereocenters. The standard InChI is InChI=1S/C16H21N3O4/c1-16(2,3)12-7-6-11(9-13(12)19(22)23)17-14(20)10-18-8-4-5-15(18)21/h6-7,9H,4-5,8,10H2,1-3H3,(H,17,20). The first-order chi connectivity index (χ1) is 10.7. The van der Waals surface area contributed by atoms with Gasteiger partial charge in [-0.15, -0.1) is 0 Å². The fourth-order valence-corrected chi connectivity index (χ4v) is 2.64. The minimum atomic E-state index is -0.444. The molecule has 1 heterocycles. The summed E-state index contributed by atoms with van der Waals surface area (Å²) in [6.07, 6.45) is 1.23. The molecule has 0 radical (unpaired) electrons. The number of benzene rings is 1. The molecule has 2 rings (SSSR count). The van der Waals surface area contributed by atoms with Gasteiger partial charge in [-0.2, -0.15) is 0 Å². The van der Waals surface area contributed by atoms with Crippen molar-refractivity contribution in [3.63, 3.8) is 0 Å². The van der Waals surface area contributed by atoms with Crippen LogP contribution < -0.4 is 5.32 Å². The van der Waals surface area contributed by atoms with Crippen LogP contribution in [0.2, 0.25) is 0 Å². The number of anilines is 1. The maximum Gasteiger partial charge on any atom is 0.275 e. The van der Waals surface area contributed by atoms with Crippen molar-refractivity contribution in [2.75, 3.05) is 18.4 Å². The molecule has 1 aliphatic rings. The van der Waals surface area contributed by atoms with E-state index in [2.05, 4.69) is 5.32 Å². The highest BCUT2D eigenvalue weighted by atomic mass is 16.6. The Morgan fingerprint density at radius 3 is 2.61 bits per heavy atom. The number of likely N-dealkylation sites (tertiary alicyclic amines) is 1. The van der Waals surface area contributed by atoms with Gasteiger partial charge in [-0.1, -0.05) is 20.8 Å². The molecule has 1 aromatic rings. The number of nitro benzene ring substituents is 1. The predicted octanol–water partition coefficient (Wildman–Crippen LogP) is 2.45. The molecule has 0 saturated carbocycles. The van der Waals surface area contributed by atoms with Gasteiger partial charge in [-0.25, -0.2) is 0 Å². The fourth-order valence-electron chi connectivity index (χ4n) is 2.64. The second kappa shape index (κ2) is 6.36. The molecule has 23 heavy (non-hydrogen) atoms. The summed E-state index contributed by atoms with van der Waals surface area (Å²) >= 11 is 0. The Kier molecular flexibility index (Phi) is 4.68. The molecule has 2 amide bonds. The lowest BCUT2D eigenvalue weighted by Gasteiger charge is -2.19. The summed E-state index contributed by atoms with van der Waals surface area (Å²) in [4.78, 5) is 35.8. The summed E-state index contributed by atoms with van der Waals surface area (Å²) in [7, 11) is 0. The Balaban J connectivity index is 2.14. The van der Waals surface area contributed by atoms with Crippen molar-refractivity contribution >= 4 is 23.2 Å². The largest absolute Gasteiger partial charge is 0.333 e. The van der Waals surface area contributed by atoms with Gasteiger partial charge in [-0.05, 0) is 24.0 Å². The van der Waals surface area contributed by atoms with Crippen LogP contribution in [0.4, 0.5) is 11.4 Å². The van der Waals surface area contributed by atoms with Crippen molar-refractivity contribution in [2.24, 2.45) is 0 Å². The zero-order chi connectivity index (χ0) is 17.2. The van der Waals surface area contributed by atoms with E-state index in [1.54, 1.807) is 12.1 Å². The smallest absolute Gasteiger partial charge is 0.275 e. The van der Waals surface area contributed by atoms with Crippen LogP contribution in [0.3, 0.4) is 0 Å². The van der Waals surface area contributed by atoms with E-state index in [-0.39, 0.29) is 29.5 Å². The zero-order valence-corrected chi connectivity index (χ0v) is 13.6. The van der Waals surface area contributed by atoms with Gasteiger partial charge in [0.05, 0.1) is 11.5 Å². The van der Waals surface area contributed by atoms with Gasteiger partial charge < -0.3 is 10.2 Å². The molecular formula is C16H21N3O4. The van der Waals surface area contributed by atoms with Crippen LogP contribution >= 0.6 is 0 Å². The molecule has 7 heteroatoms. The Morgan fingerprint density at radius 2 is 2.09 bits per heavy atom. The summed E-state index contributed by atoms with van der Waals surface area (Å²) in [5.41, 5.74) is 0.580. The Labute approximate surface area is 134 Å². The second-order valence-corrected chi connectivity index (χ2v) is 6.71. The number of nitrogens with zero attached hydrogens (tertiary/aromatic N) is 2. The highest BCUT2D eigenvalue weighted by Crippen LogP contribution is 2.33. The molecule has 1 fully saturated rings. The molecule has 0 aromatic heterocycles. The molecule has 1 aromatic carbocycles. The molecule has 1 N–H and O–H groups in total. The minimum absolute atomic E-state index is 0.0202. The van der Waals surface area contributed by atoms with E-state index < -0.39 is 4.92 Å². The number of carbonyl (C=O) groups is 2. The second-order valence-electron chi connectivity index (χ2n) is 6.71. The van der Waals surface area contributed by atoms with Gasteiger partial charge in [0.25, 0.3) is 5.69 Å².